The second-order valence-electron chi connectivity index (χ2n) is 5.22. The van der Waals surface area contributed by atoms with Crippen LogP contribution in [0.4, 0.5) is 0 Å². The number of hydrogen-bond donors (Lipinski definition) is 3. The Balaban J connectivity index is 1.97. The number of aromatic nitrogens is 1. The van der Waals surface area contributed by atoms with Gasteiger partial charge in [0.15, 0.2) is 5.01 Å². The van der Waals surface area contributed by atoms with Gasteiger partial charge in [-0.05, 0) is 19.9 Å². The van der Waals surface area contributed by atoms with Crippen LogP contribution in [0, 0.1) is 5.41 Å². The average molecular weight is 297 g/mol. The zero-order chi connectivity index (χ0) is 14.8. The number of hydrogen-bond acceptors (Lipinski definition) is 6. The van der Waals surface area contributed by atoms with Crippen molar-refractivity contribution in [3.05, 3.63) is 16.1 Å². The molecule has 2 heterocycles. The van der Waals surface area contributed by atoms with Gasteiger partial charge < -0.3 is 5.32 Å². The Morgan fingerprint density at radius 3 is 3.00 bits per heavy atom. The number of nitrogens with zero attached hydrogens (tertiary/aromatic N) is 2. The van der Waals surface area contributed by atoms with Crippen molar-refractivity contribution in [2.75, 3.05) is 20.1 Å². The lowest BCUT2D eigenvalue weighted by Gasteiger charge is -2.22. The van der Waals surface area contributed by atoms with Gasteiger partial charge in [0.1, 0.15) is 0 Å². The summed E-state index contributed by atoms with van der Waals surface area (Å²) in [4.78, 5) is 29.6. The second kappa shape index (κ2) is 5.86. The van der Waals surface area contributed by atoms with Crippen molar-refractivity contribution >= 4 is 23.2 Å². The van der Waals surface area contributed by atoms with E-state index in [1.807, 2.05) is 12.3 Å². The molecule has 4 N–H and O–H groups in total. The number of nitrogens with one attached hydrogen (secondary N) is 2. The molecule has 1 aliphatic heterocycles. The topological polar surface area (TPSA) is 100 Å². The van der Waals surface area contributed by atoms with Gasteiger partial charge in [0.2, 0.25) is 5.91 Å². The largest absolute Gasteiger partial charge is 0.359 e. The van der Waals surface area contributed by atoms with Gasteiger partial charge in [-0.15, -0.1) is 11.3 Å². The Labute approximate surface area is 121 Å². The van der Waals surface area contributed by atoms with E-state index in [4.69, 9.17) is 5.84 Å². The maximum Gasteiger partial charge on any atom is 0.294 e. The van der Waals surface area contributed by atoms with Crippen LogP contribution in [0.5, 0.6) is 0 Å². The highest BCUT2D eigenvalue weighted by atomic mass is 32.1. The summed E-state index contributed by atoms with van der Waals surface area (Å²) in [5, 5.41) is 4.92. The molecule has 0 radical (unpaired) electrons. The Morgan fingerprint density at radius 2 is 2.35 bits per heavy atom. The Hall–Kier alpha value is -1.51. The minimum Gasteiger partial charge on any atom is -0.359 e. The number of thiazole rings is 1. The molecular weight excluding hydrogens is 278 g/mol. The Bertz CT molecular complexity index is 518. The molecule has 1 fully saturated rings. The summed E-state index contributed by atoms with van der Waals surface area (Å²) in [6.45, 7) is 4.16. The summed E-state index contributed by atoms with van der Waals surface area (Å²) in [6.07, 6.45) is 0.826. The zero-order valence-corrected chi connectivity index (χ0v) is 12.4. The fraction of sp³-hybridized carbons (Fsp3) is 0.583. The van der Waals surface area contributed by atoms with Crippen LogP contribution >= 0.6 is 11.3 Å². The summed E-state index contributed by atoms with van der Waals surface area (Å²) >= 11 is 1.27. The third-order valence-electron chi connectivity index (χ3n) is 3.59. The van der Waals surface area contributed by atoms with Crippen LogP contribution in [0.2, 0.25) is 0 Å². The number of likely N-dealkylation sites (tertiary alicyclic amines) is 1. The molecule has 20 heavy (non-hydrogen) atoms. The van der Waals surface area contributed by atoms with E-state index in [-0.39, 0.29) is 17.2 Å². The normalized spacial score (nSPS) is 22.8. The molecule has 2 amide bonds. The molecule has 0 spiro atoms. The smallest absolute Gasteiger partial charge is 0.294 e. The van der Waals surface area contributed by atoms with E-state index in [0.29, 0.717) is 18.1 Å². The highest BCUT2D eigenvalue weighted by molar-refractivity contribution is 7.11. The molecule has 0 bridgehead atoms. The van der Waals surface area contributed by atoms with E-state index in [1.54, 1.807) is 7.05 Å². The second-order valence-corrected chi connectivity index (χ2v) is 6.08. The molecule has 2 rings (SSSR count). The molecule has 7 nitrogen and oxygen atoms in total. The van der Waals surface area contributed by atoms with Gasteiger partial charge >= 0.3 is 0 Å². The van der Waals surface area contributed by atoms with Crippen LogP contribution in [0.1, 0.15) is 28.8 Å². The van der Waals surface area contributed by atoms with Gasteiger partial charge in [-0.1, -0.05) is 0 Å². The first-order chi connectivity index (χ1) is 9.48. The van der Waals surface area contributed by atoms with Gasteiger partial charge in [-0.2, -0.15) is 0 Å². The van der Waals surface area contributed by atoms with E-state index in [0.717, 1.165) is 18.7 Å². The van der Waals surface area contributed by atoms with E-state index >= 15 is 0 Å². The molecule has 1 saturated heterocycles. The van der Waals surface area contributed by atoms with E-state index in [9.17, 15) is 9.59 Å². The van der Waals surface area contributed by atoms with Gasteiger partial charge in [-0.25, -0.2) is 10.8 Å². The fourth-order valence-electron chi connectivity index (χ4n) is 2.45. The lowest BCUT2D eigenvalue weighted by molar-refractivity contribution is -0.129. The number of nitrogens with two attached hydrogens (primary N) is 1. The van der Waals surface area contributed by atoms with Gasteiger partial charge in [0, 0.05) is 25.5 Å². The maximum absolute atomic E-state index is 11.8. The first-order valence-electron chi connectivity index (χ1n) is 6.38. The van der Waals surface area contributed by atoms with Gasteiger partial charge in [0.05, 0.1) is 11.1 Å². The molecule has 0 aromatic carbocycles. The van der Waals surface area contributed by atoms with Crippen LogP contribution < -0.4 is 16.6 Å². The molecule has 1 aromatic rings. The first-order valence-corrected chi connectivity index (χ1v) is 7.26. The predicted molar refractivity (Wildman–Crippen MR) is 75.8 cm³/mol. The highest BCUT2D eigenvalue weighted by Gasteiger charge is 2.39. The lowest BCUT2D eigenvalue weighted by atomic mass is 9.89. The van der Waals surface area contributed by atoms with Crippen LogP contribution in [-0.2, 0) is 11.3 Å². The van der Waals surface area contributed by atoms with E-state index in [2.05, 4.69) is 20.6 Å². The lowest BCUT2D eigenvalue weighted by Crippen LogP contribution is -2.39. The van der Waals surface area contributed by atoms with Crippen LogP contribution in [0.25, 0.3) is 0 Å². The van der Waals surface area contributed by atoms with Crippen molar-refractivity contribution in [2.24, 2.45) is 11.3 Å². The monoisotopic (exact) mass is 297 g/mol. The van der Waals surface area contributed by atoms with Crippen molar-refractivity contribution in [3.63, 3.8) is 0 Å². The van der Waals surface area contributed by atoms with Crippen molar-refractivity contribution in [3.8, 4) is 0 Å². The molecule has 8 heteroatoms. The summed E-state index contributed by atoms with van der Waals surface area (Å²) in [5.74, 6) is 4.77. The molecule has 0 saturated carbocycles. The zero-order valence-electron chi connectivity index (χ0n) is 11.6. The first kappa shape index (κ1) is 14.9. The number of nitrogen functional groups attached to an aromatic ring is 1. The van der Waals surface area contributed by atoms with Crippen molar-refractivity contribution < 1.29 is 9.59 Å². The molecular formula is C12H19N5O2S. The maximum atomic E-state index is 11.8. The van der Waals surface area contributed by atoms with Crippen LogP contribution in [0.15, 0.2) is 5.38 Å². The molecule has 0 aliphatic carbocycles. The van der Waals surface area contributed by atoms with Gasteiger partial charge in [0.25, 0.3) is 5.91 Å². The van der Waals surface area contributed by atoms with Crippen LogP contribution in [-0.4, -0.2) is 41.8 Å². The summed E-state index contributed by atoms with van der Waals surface area (Å²) in [5.41, 5.74) is 2.55. The van der Waals surface area contributed by atoms with Gasteiger partial charge in [-0.3, -0.25) is 19.9 Å². The van der Waals surface area contributed by atoms with Crippen molar-refractivity contribution in [1.29, 1.82) is 0 Å². The standard InChI is InChI=1S/C12H19N5O2S/c1-12(11(19)14-2)3-4-17(7-12)5-8-6-20-10(15-8)9(18)16-13/h6H,3-5,7,13H2,1-2H3,(H,14,19)(H,16,18). The Morgan fingerprint density at radius 1 is 1.60 bits per heavy atom. The molecule has 1 unspecified atom stereocenters. The molecule has 1 atom stereocenters. The molecule has 110 valence electrons. The average Bonchev–Trinajstić information content (AvgIpc) is 3.05. The number of carbonyl (C=O) groups excluding carboxylic acids is 2. The number of amides is 2. The summed E-state index contributed by atoms with van der Waals surface area (Å²) in [7, 11) is 1.66. The SMILES string of the molecule is CNC(=O)C1(C)CCN(Cc2csc(C(=O)NN)n2)C1. The number of rotatable bonds is 4. The summed E-state index contributed by atoms with van der Waals surface area (Å²) < 4.78 is 0. The molecule has 1 aromatic heterocycles. The Kier molecular flexibility index (Phi) is 4.36. The highest BCUT2D eigenvalue weighted by Crippen LogP contribution is 2.31. The number of carbonyl (C=O) groups is 2. The third-order valence-corrected chi connectivity index (χ3v) is 4.48. The van der Waals surface area contributed by atoms with Crippen molar-refractivity contribution in [1.82, 2.24) is 20.6 Å². The fourth-order valence-corrected chi connectivity index (χ4v) is 3.16. The van der Waals surface area contributed by atoms with E-state index in [1.165, 1.54) is 11.3 Å². The third kappa shape index (κ3) is 2.97. The van der Waals surface area contributed by atoms with Crippen molar-refractivity contribution in [2.45, 2.75) is 19.9 Å². The van der Waals surface area contributed by atoms with E-state index < -0.39 is 0 Å². The summed E-state index contributed by atoms with van der Waals surface area (Å²) in [6, 6.07) is 0. The number of hydrazine groups is 1. The quantitative estimate of drug-likeness (QED) is 0.403. The predicted octanol–water partition coefficient (Wildman–Crippen LogP) is -0.295. The van der Waals surface area contributed by atoms with Crippen LogP contribution in [0.3, 0.4) is 0 Å². The minimum absolute atomic E-state index is 0.0708. The minimum atomic E-state index is -0.377. The molecule has 1 aliphatic rings.